The lowest BCUT2D eigenvalue weighted by atomic mass is 10.0. The van der Waals surface area contributed by atoms with Crippen molar-refractivity contribution in [2.24, 2.45) is 0 Å². The van der Waals surface area contributed by atoms with Crippen molar-refractivity contribution in [2.45, 2.75) is 6.92 Å². The van der Waals surface area contributed by atoms with Gasteiger partial charge in [-0.05, 0) is 79.2 Å². The maximum atomic E-state index is 13.1. The lowest BCUT2D eigenvalue weighted by Gasteiger charge is -2.07. The fourth-order valence-electron chi connectivity index (χ4n) is 4.24. The van der Waals surface area contributed by atoms with E-state index in [9.17, 15) is 9.59 Å². The number of amides is 1. The van der Waals surface area contributed by atoms with Crippen LogP contribution in [0.15, 0.2) is 106 Å². The first-order valence-electron chi connectivity index (χ1n) is 12.1. The molecular formula is C30H22N4O4. The Hall–Kier alpha value is -5.24. The van der Waals surface area contributed by atoms with E-state index >= 15 is 0 Å². The molecule has 0 bridgehead atoms. The third kappa shape index (κ3) is 4.51. The van der Waals surface area contributed by atoms with Gasteiger partial charge < -0.3 is 14.5 Å². The van der Waals surface area contributed by atoms with Crippen LogP contribution in [-0.4, -0.2) is 27.5 Å². The number of nitrogens with zero attached hydrogens (tertiary/aromatic N) is 3. The zero-order valence-corrected chi connectivity index (χ0v) is 20.4. The number of nitrogens with one attached hydrogen (secondary N) is 1. The number of carbonyl (C=O) groups excluding carboxylic acids is 1. The Morgan fingerprint density at radius 2 is 1.71 bits per heavy atom. The van der Waals surface area contributed by atoms with Gasteiger partial charge in [0.05, 0.1) is 17.9 Å². The minimum absolute atomic E-state index is 0.310. The highest BCUT2D eigenvalue weighted by Gasteiger charge is 2.13. The van der Waals surface area contributed by atoms with Crippen LogP contribution < -0.4 is 15.7 Å². The van der Waals surface area contributed by atoms with Gasteiger partial charge in [-0.1, -0.05) is 30.3 Å². The molecule has 8 nitrogen and oxygen atoms in total. The van der Waals surface area contributed by atoms with Gasteiger partial charge in [-0.2, -0.15) is 4.80 Å². The van der Waals surface area contributed by atoms with E-state index in [2.05, 4.69) is 15.5 Å². The number of anilines is 1. The van der Waals surface area contributed by atoms with Crippen molar-refractivity contribution in [3.63, 3.8) is 0 Å². The molecule has 2 heterocycles. The number of fused-ring (bicyclic) bond motifs is 2. The second kappa shape index (κ2) is 9.67. The van der Waals surface area contributed by atoms with Crippen molar-refractivity contribution in [2.75, 3.05) is 11.9 Å². The Bertz CT molecular complexity index is 1860. The second-order valence-corrected chi connectivity index (χ2v) is 8.64. The molecule has 1 amide bonds. The summed E-state index contributed by atoms with van der Waals surface area (Å²) < 4.78 is 10.9. The monoisotopic (exact) mass is 502 g/mol. The molecule has 2 aromatic heterocycles. The minimum Gasteiger partial charge on any atom is -0.494 e. The van der Waals surface area contributed by atoms with E-state index < -0.39 is 5.63 Å². The zero-order chi connectivity index (χ0) is 26.1. The zero-order valence-electron chi connectivity index (χ0n) is 20.4. The fraction of sp³-hybridized carbons (Fsp3) is 0.0667. The van der Waals surface area contributed by atoms with Crippen molar-refractivity contribution >= 4 is 33.6 Å². The van der Waals surface area contributed by atoms with Crippen LogP contribution in [0.25, 0.3) is 38.8 Å². The molecule has 0 atom stereocenters. The number of benzene rings is 4. The predicted molar refractivity (Wildman–Crippen MR) is 146 cm³/mol. The maximum absolute atomic E-state index is 13.1. The van der Waals surface area contributed by atoms with Crippen molar-refractivity contribution in [3.05, 3.63) is 113 Å². The van der Waals surface area contributed by atoms with Crippen molar-refractivity contribution in [1.82, 2.24) is 15.0 Å². The molecule has 0 aliphatic heterocycles. The van der Waals surface area contributed by atoms with Gasteiger partial charge in [0.1, 0.15) is 22.4 Å². The van der Waals surface area contributed by atoms with Gasteiger partial charge in [0.25, 0.3) is 5.91 Å². The number of rotatable bonds is 6. The average molecular weight is 503 g/mol. The molecule has 1 N–H and O–H groups in total. The van der Waals surface area contributed by atoms with E-state index in [4.69, 9.17) is 9.15 Å². The van der Waals surface area contributed by atoms with Crippen molar-refractivity contribution in [3.8, 4) is 22.6 Å². The molecule has 38 heavy (non-hydrogen) atoms. The highest BCUT2D eigenvalue weighted by atomic mass is 16.5. The number of ether oxygens (including phenoxy) is 1. The van der Waals surface area contributed by atoms with E-state index in [0.29, 0.717) is 45.6 Å². The number of para-hydroxylation sites is 1. The summed E-state index contributed by atoms with van der Waals surface area (Å²) in [5.41, 5.74) is 4.18. The molecule has 0 spiro atoms. The van der Waals surface area contributed by atoms with Crippen LogP contribution in [0.5, 0.6) is 5.75 Å². The smallest absolute Gasteiger partial charge is 0.344 e. The maximum Gasteiger partial charge on any atom is 0.344 e. The van der Waals surface area contributed by atoms with E-state index in [-0.39, 0.29) is 5.91 Å². The molecule has 186 valence electrons. The second-order valence-electron chi connectivity index (χ2n) is 8.64. The van der Waals surface area contributed by atoms with Gasteiger partial charge in [0.15, 0.2) is 0 Å². The molecule has 4 aromatic carbocycles. The number of carbonyl (C=O) groups is 1. The normalized spacial score (nSPS) is 11.1. The molecule has 0 aliphatic rings. The summed E-state index contributed by atoms with van der Waals surface area (Å²) in [5.74, 6) is 0.471. The van der Waals surface area contributed by atoms with Crippen LogP contribution in [0.2, 0.25) is 0 Å². The summed E-state index contributed by atoms with van der Waals surface area (Å²) in [6.45, 7) is 2.53. The molecule has 6 aromatic rings. The Kier molecular flexibility index (Phi) is 5.89. The van der Waals surface area contributed by atoms with Crippen LogP contribution in [0.1, 0.15) is 17.3 Å². The van der Waals surface area contributed by atoms with Crippen molar-refractivity contribution in [1.29, 1.82) is 0 Å². The third-order valence-electron chi connectivity index (χ3n) is 6.09. The highest BCUT2D eigenvalue weighted by Crippen LogP contribution is 2.23. The topological polar surface area (TPSA) is 99.2 Å². The highest BCUT2D eigenvalue weighted by molar-refractivity contribution is 6.05. The van der Waals surface area contributed by atoms with Crippen molar-refractivity contribution < 1.29 is 13.9 Å². The summed E-state index contributed by atoms with van der Waals surface area (Å²) in [4.78, 5) is 27.2. The predicted octanol–water partition coefficient (Wildman–Crippen LogP) is 5.84. The van der Waals surface area contributed by atoms with Crippen LogP contribution in [-0.2, 0) is 0 Å². The first kappa shape index (κ1) is 23.2. The van der Waals surface area contributed by atoms with Crippen LogP contribution in [0, 0.1) is 0 Å². The first-order chi connectivity index (χ1) is 18.6. The lowest BCUT2D eigenvalue weighted by Crippen LogP contribution is -2.12. The number of hydrogen-bond donors (Lipinski definition) is 1. The van der Waals surface area contributed by atoms with Crippen LogP contribution >= 0.6 is 0 Å². The summed E-state index contributed by atoms with van der Waals surface area (Å²) in [6.07, 6.45) is 0. The summed E-state index contributed by atoms with van der Waals surface area (Å²) in [5, 5.41) is 12.8. The molecule has 0 saturated carbocycles. The summed E-state index contributed by atoms with van der Waals surface area (Å²) in [7, 11) is 0. The Morgan fingerprint density at radius 1 is 0.895 bits per heavy atom. The van der Waals surface area contributed by atoms with Crippen LogP contribution in [0.4, 0.5) is 5.69 Å². The molecule has 0 aliphatic carbocycles. The standard InChI is InChI=1S/C30H22N4O4/c1-2-37-24-13-11-23(12-14-24)34-32-26-15-10-22(18-27(26)33-34)31-29(35)21-8-5-7-19(16-21)25-17-20-6-3-4-9-28(20)38-30(25)36/h3-18H,2H2,1H3,(H,31,35). The number of aromatic nitrogens is 3. The van der Waals surface area contributed by atoms with Gasteiger partial charge in [-0.25, -0.2) is 4.79 Å². The van der Waals surface area contributed by atoms with Gasteiger partial charge in [0, 0.05) is 16.6 Å². The Morgan fingerprint density at radius 3 is 2.55 bits per heavy atom. The van der Waals surface area contributed by atoms with Gasteiger partial charge in [-0.3, -0.25) is 4.79 Å². The summed E-state index contributed by atoms with van der Waals surface area (Å²) >= 11 is 0. The molecular weight excluding hydrogens is 480 g/mol. The average Bonchev–Trinajstić information content (AvgIpc) is 3.37. The molecule has 0 saturated heterocycles. The molecule has 0 radical (unpaired) electrons. The van der Waals surface area contributed by atoms with Gasteiger partial charge in [0.2, 0.25) is 0 Å². The molecule has 6 rings (SSSR count). The van der Waals surface area contributed by atoms with Crippen LogP contribution in [0.3, 0.4) is 0 Å². The van der Waals surface area contributed by atoms with Gasteiger partial charge in [-0.15, -0.1) is 10.2 Å². The minimum atomic E-state index is -0.456. The van der Waals surface area contributed by atoms with Gasteiger partial charge >= 0.3 is 5.63 Å². The molecule has 0 fully saturated rings. The van der Waals surface area contributed by atoms with E-state index in [0.717, 1.165) is 16.8 Å². The molecule has 0 unspecified atom stereocenters. The third-order valence-corrected chi connectivity index (χ3v) is 6.09. The van der Waals surface area contributed by atoms with E-state index in [1.165, 1.54) is 0 Å². The van der Waals surface area contributed by atoms with E-state index in [1.807, 2.05) is 49.4 Å². The van der Waals surface area contributed by atoms with E-state index in [1.54, 1.807) is 59.4 Å². The largest absolute Gasteiger partial charge is 0.494 e. The first-order valence-corrected chi connectivity index (χ1v) is 12.1. The molecule has 8 heteroatoms. The quantitative estimate of drug-likeness (QED) is 0.287. The fourth-order valence-corrected chi connectivity index (χ4v) is 4.24. The Balaban J connectivity index is 1.24. The summed E-state index contributed by atoms with van der Waals surface area (Å²) in [6, 6.07) is 28.9. The number of hydrogen-bond acceptors (Lipinski definition) is 6. The SMILES string of the molecule is CCOc1ccc(-n2nc3ccc(NC(=O)c4cccc(-c5cc6ccccc6oc5=O)c4)cc3n2)cc1. The Labute approximate surface area is 217 Å². The lowest BCUT2D eigenvalue weighted by molar-refractivity contribution is 0.102.